The lowest BCUT2D eigenvalue weighted by atomic mass is 10.1. The number of ether oxygens (including phenoxy) is 1. The molecule has 4 heteroatoms. The van der Waals surface area contributed by atoms with Gasteiger partial charge in [-0.15, -0.1) is 0 Å². The van der Waals surface area contributed by atoms with Gasteiger partial charge in [-0.3, -0.25) is 0 Å². The minimum Gasteiger partial charge on any atom is -0.392 e. The van der Waals surface area contributed by atoms with E-state index in [-0.39, 0.29) is 6.10 Å². The number of likely N-dealkylation sites (tertiary alicyclic amines) is 1. The average molecular weight is 228 g/mol. The van der Waals surface area contributed by atoms with Crippen LogP contribution in [-0.4, -0.2) is 61.0 Å². The lowest BCUT2D eigenvalue weighted by Crippen LogP contribution is -2.43. The first kappa shape index (κ1) is 12.3. The summed E-state index contributed by atoms with van der Waals surface area (Å²) in [6, 6.07) is 0.485. The second-order valence-electron chi connectivity index (χ2n) is 4.95. The van der Waals surface area contributed by atoms with Gasteiger partial charge in [0.05, 0.1) is 12.2 Å². The zero-order valence-electron chi connectivity index (χ0n) is 10.2. The molecule has 4 nitrogen and oxygen atoms in total. The van der Waals surface area contributed by atoms with Crippen LogP contribution in [0, 0.1) is 0 Å². The van der Waals surface area contributed by atoms with Crippen molar-refractivity contribution in [3.05, 3.63) is 0 Å². The molecular weight excluding hydrogens is 204 g/mol. The quantitative estimate of drug-likeness (QED) is 0.722. The summed E-state index contributed by atoms with van der Waals surface area (Å²) in [5.41, 5.74) is 0. The fraction of sp³-hybridized carbons (Fsp3) is 1.00. The number of β-amino-alcohol motifs (C(OH)–C–C–N with tert-alkyl or cyclic N) is 1. The molecule has 0 aliphatic carbocycles. The summed E-state index contributed by atoms with van der Waals surface area (Å²) in [5, 5.41) is 12.8. The Balaban J connectivity index is 1.65. The molecule has 2 aliphatic rings. The summed E-state index contributed by atoms with van der Waals surface area (Å²) in [5.74, 6) is 0. The van der Waals surface area contributed by atoms with Crippen molar-refractivity contribution in [2.75, 3.05) is 32.8 Å². The van der Waals surface area contributed by atoms with Crippen LogP contribution in [0.1, 0.15) is 26.2 Å². The molecule has 2 N–H and O–H groups in total. The standard InChI is InChI=1S/C12H24N2O2/c1-2-16-12-3-5-14(6-4-12)9-10-7-11(15)8-13-10/h10-13,15H,2-9H2,1H3. The van der Waals surface area contributed by atoms with Crippen LogP contribution >= 0.6 is 0 Å². The predicted octanol–water partition coefficient (Wildman–Crippen LogP) is 0.210. The van der Waals surface area contributed by atoms with Gasteiger partial charge in [-0.05, 0) is 26.2 Å². The van der Waals surface area contributed by atoms with Gasteiger partial charge in [0, 0.05) is 38.8 Å². The number of nitrogens with zero attached hydrogens (tertiary/aromatic N) is 1. The summed E-state index contributed by atoms with van der Waals surface area (Å²) in [6.45, 7) is 7.02. The van der Waals surface area contributed by atoms with E-state index in [2.05, 4.69) is 17.1 Å². The first-order chi connectivity index (χ1) is 7.78. The molecule has 0 aromatic heterocycles. The molecule has 0 spiro atoms. The van der Waals surface area contributed by atoms with E-state index in [0.29, 0.717) is 12.1 Å². The van der Waals surface area contributed by atoms with Crippen molar-refractivity contribution < 1.29 is 9.84 Å². The highest BCUT2D eigenvalue weighted by atomic mass is 16.5. The fourth-order valence-electron chi connectivity index (χ4n) is 2.74. The molecule has 0 amide bonds. The second kappa shape index (κ2) is 5.96. The smallest absolute Gasteiger partial charge is 0.0680 e. The first-order valence-electron chi connectivity index (χ1n) is 6.53. The first-order valence-corrected chi connectivity index (χ1v) is 6.53. The van der Waals surface area contributed by atoms with Gasteiger partial charge >= 0.3 is 0 Å². The molecule has 0 bridgehead atoms. The van der Waals surface area contributed by atoms with Crippen LogP contribution in [0.5, 0.6) is 0 Å². The molecule has 94 valence electrons. The van der Waals surface area contributed by atoms with Gasteiger partial charge in [0.25, 0.3) is 0 Å². The predicted molar refractivity (Wildman–Crippen MR) is 63.5 cm³/mol. The van der Waals surface area contributed by atoms with Gasteiger partial charge in [0.15, 0.2) is 0 Å². The van der Waals surface area contributed by atoms with Crippen LogP contribution in [0.15, 0.2) is 0 Å². The van der Waals surface area contributed by atoms with Crippen molar-refractivity contribution in [3.63, 3.8) is 0 Å². The molecule has 2 fully saturated rings. The normalized spacial score (nSPS) is 33.4. The molecule has 2 rings (SSSR count). The summed E-state index contributed by atoms with van der Waals surface area (Å²) >= 11 is 0. The Morgan fingerprint density at radius 1 is 1.38 bits per heavy atom. The molecule has 16 heavy (non-hydrogen) atoms. The Kier molecular flexibility index (Phi) is 4.58. The van der Waals surface area contributed by atoms with Crippen LogP contribution in [-0.2, 0) is 4.74 Å². The molecule has 0 radical (unpaired) electrons. The molecule has 0 aromatic rings. The molecule has 2 atom stereocenters. The van der Waals surface area contributed by atoms with Crippen molar-refractivity contribution in [3.8, 4) is 0 Å². The van der Waals surface area contributed by atoms with Gasteiger partial charge in [0.2, 0.25) is 0 Å². The number of hydrogen-bond donors (Lipinski definition) is 2. The van der Waals surface area contributed by atoms with E-state index in [1.807, 2.05) is 0 Å². The summed E-state index contributed by atoms with van der Waals surface area (Å²) < 4.78 is 5.64. The van der Waals surface area contributed by atoms with Crippen molar-refractivity contribution in [1.82, 2.24) is 10.2 Å². The monoisotopic (exact) mass is 228 g/mol. The molecular formula is C12H24N2O2. The maximum Gasteiger partial charge on any atom is 0.0680 e. The Hall–Kier alpha value is -0.160. The van der Waals surface area contributed by atoms with Crippen LogP contribution in [0.4, 0.5) is 0 Å². The lowest BCUT2D eigenvalue weighted by molar-refractivity contribution is 0.0125. The molecule has 2 aliphatic heterocycles. The average Bonchev–Trinajstić information content (AvgIpc) is 2.67. The Labute approximate surface area is 98.0 Å². The summed E-state index contributed by atoms with van der Waals surface area (Å²) in [7, 11) is 0. The minimum atomic E-state index is -0.133. The summed E-state index contributed by atoms with van der Waals surface area (Å²) in [6.07, 6.45) is 3.56. The van der Waals surface area contributed by atoms with E-state index in [1.54, 1.807) is 0 Å². The third-order valence-corrected chi connectivity index (χ3v) is 3.61. The molecule has 0 aromatic carbocycles. The van der Waals surface area contributed by atoms with Crippen molar-refractivity contribution >= 4 is 0 Å². The van der Waals surface area contributed by atoms with Gasteiger partial charge in [-0.25, -0.2) is 0 Å². The fourth-order valence-corrected chi connectivity index (χ4v) is 2.74. The SMILES string of the molecule is CCOC1CCN(CC2CC(O)CN2)CC1. The second-order valence-corrected chi connectivity index (χ2v) is 4.95. The Morgan fingerprint density at radius 2 is 2.12 bits per heavy atom. The number of hydrogen-bond acceptors (Lipinski definition) is 4. The van der Waals surface area contributed by atoms with Crippen LogP contribution < -0.4 is 5.32 Å². The van der Waals surface area contributed by atoms with Crippen LogP contribution in [0.3, 0.4) is 0 Å². The number of aliphatic hydroxyl groups excluding tert-OH is 1. The highest BCUT2D eigenvalue weighted by Gasteiger charge is 2.26. The summed E-state index contributed by atoms with van der Waals surface area (Å²) in [4.78, 5) is 2.49. The van der Waals surface area contributed by atoms with Gasteiger partial charge < -0.3 is 20.1 Å². The Bertz CT molecular complexity index is 205. The van der Waals surface area contributed by atoms with Crippen molar-refractivity contribution in [1.29, 1.82) is 0 Å². The maximum absolute atomic E-state index is 9.44. The van der Waals surface area contributed by atoms with Gasteiger partial charge in [-0.2, -0.15) is 0 Å². The van der Waals surface area contributed by atoms with E-state index in [0.717, 1.165) is 52.0 Å². The molecule has 2 unspecified atom stereocenters. The van der Waals surface area contributed by atoms with E-state index >= 15 is 0 Å². The maximum atomic E-state index is 9.44. The van der Waals surface area contributed by atoms with Crippen molar-refractivity contribution in [2.45, 2.75) is 44.4 Å². The van der Waals surface area contributed by atoms with Gasteiger partial charge in [0.1, 0.15) is 0 Å². The zero-order chi connectivity index (χ0) is 11.4. The number of nitrogens with one attached hydrogen (secondary N) is 1. The third-order valence-electron chi connectivity index (χ3n) is 3.61. The van der Waals surface area contributed by atoms with E-state index in [4.69, 9.17) is 4.74 Å². The van der Waals surface area contributed by atoms with E-state index < -0.39 is 0 Å². The van der Waals surface area contributed by atoms with E-state index in [9.17, 15) is 5.11 Å². The zero-order valence-corrected chi connectivity index (χ0v) is 10.2. The molecule has 0 saturated carbocycles. The lowest BCUT2D eigenvalue weighted by Gasteiger charge is -2.33. The Morgan fingerprint density at radius 3 is 2.69 bits per heavy atom. The third kappa shape index (κ3) is 3.42. The number of piperidine rings is 1. The number of aliphatic hydroxyl groups is 1. The van der Waals surface area contributed by atoms with Crippen LogP contribution in [0.25, 0.3) is 0 Å². The largest absolute Gasteiger partial charge is 0.392 e. The van der Waals surface area contributed by atoms with E-state index in [1.165, 1.54) is 0 Å². The highest BCUT2D eigenvalue weighted by molar-refractivity contribution is 4.85. The van der Waals surface area contributed by atoms with Crippen molar-refractivity contribution in [2.24, 2.45) is 0 Å². The highest BCUT2D eigenvalue weighted by Crippen LogP contribution is 2.15. The minimum absolute atomic E-state index is 0.133. The van der Waals surface area contributed by atoms with Crippen LogP contribution in [0.2, 0.25) is 0 Å². The topological polar surface area (TPSA) is 44.7 Å². The van der Waals surface area contributed by atoms with Gasteiger partial charge in [-0.1, -0.05) is 0 Å². The molecule has 2 saturated heterocycles. The number of rotatable bonds is 4. The molecule has 2 heterocycles.